The van der Waals surface area contributed by atoms with E-state index in [1.165, 1.54) is 40.0 Å². The number of carboxylic acid groups (broad SMARTS) is 1. The fraction of sp³-hybridized carbons (Fsp3) is 0.435. The Kier molecular flexibility index (Phi) is 6.12. The third-order valence-corrected chi connectivity index (χ3v) is 6.79. The largest absolute Gasteiger partial charge is 0.465 e. The number of nitrogens with zero attached hydrogens (tertiary/aromatic N) is 5. The molecule has 10 nitrogen and oxygen atoms in total. The van der Waals surface area contributed by atoms with E-state index in [-0.39, 0.29) is 23.3 Å². The van der Waals surface area contributed by atoms with Gasteiger partial charge in [0, 0.05) is 24.8 Å². The van der Waals surface area contributed by atoms with E-state index in [4.69, 9.17) is 5.73 Å². The zero-order valence-electron chi connectivity index (χ0n) is 18.3. The van der Waals surface area contributed by atoms with Crippen molar-refractivity contribution in [2.75, 3.05) is 11.9 Å². The van der Waals surface area contributed by atoms with E-state index in [2.05, 4.69) is 22.6 Å². The molecular formula is C23H24FN7O3. The fourth-order valence-electron chi connectivity index (χ4n) is 4.76. The van der Waals surface area contributed by atoms with Crippen LogP contribution in [0.3, 0.4) is 0 Å². The molecule has 1 aliphatic heterocycles. The molecule has 3 atom stereocenters. The smallest absolute Gasteiger partial charge is 0.407 e. The number of hydrogen-bond acceptors (Lipinski definition) is 6. The second kappa shape index (κ2) is 9.02. The highest BCUT2D eigenvalue weighted by atomic mass is 19.1. The standard InChI is InChI=1S/C23H24FN7O3/c24-14-1-3-15(4-2-14)28-21-17(20(27)32)13-31(29-21)18-5-10-30(22(33)34)19(16(18)12-26)11-23(6-7-23)8-9-25/h1-4,13,16,18-19H,5-8,10-11H2,(H2,27,32)(H,28,29)(H,33,34). The lowest BCUT2D eigenvalue weighted by Crippen LogP contribution is -2.52. The number of piperidine rings is 1. The molecule has 1 aromatic carbocycles. The molecule has 0 bridgehead atoms. The van der Waals surface area contributed by atoms with Gasteiger partial charge >= 0.3 is 6.09 Å². The molecule has 34 heavy (non-hydrogen) atoms. The summed E-state index contributed by atoms with van der Waals surface area (Å²) in [6.45, 7) is 0.192. The predicted molar refractivity (Wildman–Crippen MR) is 118 cm³/mol. The molecule has 3 unspecified atom stereocenters. The highest BCUT2D eigenvalue weighted by molar-refractivity contribution is 5.98. The van der Waals surface area contributed by atoms with Crippen LogP contribution in [-0.4, -0.2) is 44.4 Å². The number of aromatic nitrogens is 2. The van der Waals surface area contributed by atoms with Gasteiger partial charge in [0.1, 0.15) is 11.4 Å². The Morgan fingerprint density at radius 3 is 2.56 bits per heavy atom. The van der Waals surface area contributed by atoms with Gasteiger partial charge in [-0.15, -0.1) is 0 Å². The maximum atomic E-state index is 13.2. The maximum Gasteiger partial charge on any atom is 0.407 e. The van der Waals surface area contributed by atoms with Gasteiger partial charge in [-0.2, -0.15) is 15.6 Å². The van der Waals surface area contributed by atoms with Crippen molar-refractivity contribution in [1.82, 2.24) is 14.7 Å². The van der Waals surface area contributed by atoms with Crippen LogP contribution in [0, 0.1) is 39.8 Å². The summed E-state index contributed by atoms with van der Waals surface area (Å²) in [4.78, 5) is 25.3. The quantitative estimate of drug-likeness (QED) is 0.564. The van der Waals surface area contributed by atoms with Crippen LogP contribution in [0.4, 0.5) is 20.7 Å². The topological polar surface area (TPSA) is 161 Å². The first-order valence-electron chi connectivity index (χ1n) is 10.9. The molecule has 11 heteroatoms. The molecule has 4 N–H and O–H groups in total. The Hall–Kier alpha value is -4.12. The van der Waals surface area contributed by atoms with Gasteiger partial charge in [0.15, 0.2) is 5.82 Å². The zero-order chi connectivity index (χ0) is 24.5. The maximum absolute atomic E-state index is 13.2. The summed E-state index contributed by atoms with van der Waals surface area (Å²) in [5, 5.41) is 36.4. The van der Waals surface area contributed by atoms with Crippen LogP contribution < -0.4 is 11.1 Å². The van der Waals surface area contributed by atoms with Crippen molar-refractivity contribution in [3.05, 3.63) is 41.8 Å². The Labute approximate surface area is 195 Å². The molecule has 2 fully saturated rings. The highest BCUT2D eigenvalue weighted by Gasteiger charge is 2.50. The van der Waals surface area contributed by atoms with Crippen LogP contribution >= 0.6 is 0 Å². The summed E-state index contributed by atoms with van der Waals surface area (Å²) in [6, 6.07) is 8.85. The summed E-state index contributed by atoms with van der Waals surface area (Å²) in [7, 11) is 0. The third kappa shape index (κ3) is 4.50. The Morgan fingerprint density at radius 2 is 2.00 bits per heavy atom. The van der Waals surface area contributed by atoms with Crippen molar-refractivity contribution in [3.8, 4) is 12.1 Å². The number of anilines is 2. The average molecular weight is 465 g/mol. The van der Waals surface area contributed by atoms with E-state index in [9.17, 15) is 29.6 Å². The van der Waals surface area contributed by atoms with Gasteiger partial charge in [0.25, 0.3) is 5.91 Å². The third-order valence-electron chi connectivity index (χ3n) is 6.79. The van der Waals surface area contributed by atoms with Crippen molar-refractivity contribution in [3.63, 3.8) is 0 Å². The number of nitriles is 2. The van der Waals surface area contributed by atoms with Gasteiger partial charge in [-0.05, 0) is 55.4 Å². The van der Waals surface area contributed by atoms with Crippen LogP contribution in [-0.2, 0) is 0 Å². The van der Waals surface area contributed by atoms with E-state index in [1.807, 2.05) is 0 Å². The number of amides is 2. The molecule has 0 radical (unpaired) electrons. The van der Waals surface area contributed by atoms with Crippen LogP contribution in [0.15, 0.2) is 30.5 Å². The lowest BCUT2D eigenvalue weighted by Gasteiger charge is -2.42. The molecule has 1 saturated heterocycles. The first-order valence-corrected chi connectivity index (χ1v) is 10.9. The molecule has 176 valence electrons. The van der Waals surface area contributed by atoms with Crippen LogP contribution in [0.1, 0.15) is 48.5 Å². The Morgan fingerprint density at radius 1 is 1.29 bits per heavy atom. The number of rotatable bonds is 7. The summed E-state index contributed by atoms with van der Waals surface area (Å²) in [5.74, 6) is -1.71. The number of halogens is 1. The number of nitrogens with two attached hydrogens (primary N) is 1. The van der Waals surface area contributed by atoms with E-state index in [0.717, 1.165) is 12.8 Å². The molecular weight excluding hydrogens is 441 g/mol. The Balaban J connectivity index is 1.65. The van der Waals surface area contributed by atoms with Crippen molar-refractivity contribution in [2.24, 2.45) is 17.1 Å². The summed E-state index contributed by atoms with van der Waals surface area (Å²) in [6.07, 6.45) is 3.07. The average Bonchev–Trinajstić information content (AvgIpc) is 3.42. The molecule has 2 aliphatic rings. The summed E-state index contributed by atoms with van der Waals surface area (Å²) in [5.41, 5.74) is 5.88. The molecule has 2 heterocycles. The van der Waals surface area contributed by atoms with Gasteiger partial charge in [0.05, 0.1) is 30.1 Å². The summed E-state index contributed by atoms with van der Waals surface area (Å²) >= 11 is 0. The number of benzene rings is 1. The van der Waals surface area contributed by atoms with Gasteiger partial charge < -0.3 is 21.1 Å². The minimum Gasteiger partial charge on any atom is -0.465 e. The van der Waals surface area contributed by atoms with E-state index >= 15 is 0 Å². The fourth-order valence-corrected chi connectivity index (χ4v) is 4.76. The second-order valence-electron chi connectivity index (χ2n) is 8.96. The van der Waals surface area contributed by atoms with Crippen molar-refractivity contribution in [2.45, 2.75) is 44.2 Å². The number of carbonyl (C=O) groups is 2. The molecule has 1 saturated carbocycles. The van der Waals surface area contributed by atoms with Gasteiger partial charge in [-0.25, -0.2) is 9.18 Å². The van der Waals surface area contributed by atoms with Crippen LogP contribution in [0.5, 0.6) is 0 Å². The highest BCUT2D eigenvalue weighted by Crippen LogP contribution is 2.54. The first kappa shape index (κ1) is 23.1. The lowest BCUT2D eigenvalue weighted by atomic mass is 9.79. The molecule has 0 spiro atoms. The van der Waals surface area contributed by atoms with Crippen LogP contribution in [0.25, 0.3) is 0 Å². The molecule has 1 aromatic heterocycles. The van der Waals surface area contributed by atoms with Gasteiger partial charge in [0.2, 0.25) is 0 Å². The van der Waals surface area contributed by atoms with E-state index < -0.39 is 35.8 Å². The van der Waals surface area contributed by atoms with Crippen LogP contribution in [0.2, 0.25) is 0 Å². The van der Waals surface area contributed by atoms with Crippen molar-refractivity contribution < 1.29 is 19.1 Å². The number of carbonyl (C=O) groups excluding carboxylic acids is 1. The van der Waals surface area contributed by atoms with Gasteiger partial charge in [-0.3, -0.25) is 9.48 Å². The minimum atomic E-state index is -1.10. The predicted octanol–water partition coefficient (Wildman–Crippen LogP) is 3.38. The first-order chi connectivity index (χ1) is 16.3. The Bertz CT molecular complexity index is 1180. The van der Waals surface area contributed by atoms with E-state index in [1.54, 1.807) is 0 Å². The van der Waals surface area contributed by atoms with Gasteiger partial charge in [-0.1, -0.05) is 0 Å². The molecule has 2 amide bonds. The number of likely N-dealkylation sites (tertiary alicyclic amines) is 1. The van der Waals surface area contributed by atoms with E-state index in [0.29, 0.717) is 24.9 Å². The monoisotopic (exact) mass is 465 g/mol. The zero-order valence-corrected chi connectivity index (χ0v) is 18.3. The van der Waals surface area contributed by atoms with Crippen molar-refractivity contribution >= 4 is 23.5 Å². The SMILES string of the molecule is N#CCC1(CC2C(C#N)C(n3cc(C(N)=O)c(Nc4ccc(F)cc4)n3)CCN2C(=O)O)CC1. The molecule has 1 aliphatic carbocycles. The number of nitrogens with one attached hydrogen (secondary N) is 1. The molecule has 2 aromatic rings. The number of hydrogen-bond donors (Lipinski definition) is 3. The second-order valence-corrected chi connectivity index (χ2v) is 8.96. The molecule has 4 rings (SSSR count). The van der Waals surface area contributed by atoms with Crippen molar-refractivity contribution in [1.29, 1.82) is 10.5 Å². The minimum absolute atomic E-state index is 0.0985. The normalized spacial score (nSPS) is 22.9. The number of primary amides is 1. The summed E-state index contributed by atoms with van der Waals surface area (Å²) < 4.78 is 14.7. The lowest BCUT2D eigenvalue weighted by molar-refractivity contribution is 0.0535.